The molecule has 0 aromatic carbocycles. The van der Waals surface area contributed by atoms with Crippen molar-refractivity contribution in [1.82, 2.24) is 29.7 Å². The number of hydrogen-bond donors (Lipinski definition) is 3. The smallest absolute Gasteiger partial charge is 0.411 e. The molecule has 4 heterocycles. The molecule has 0 spiro atoms. The summed E-state index contributed by atoms with van der Waals surface area (Å²) in [6.45, 7) is 29.2. The standard InChI is InChI=1S/C13H19I2N3O2.C9H12IN3O2.3C4H10/c1-7-5-6-8(11-16-9(14)10(15)17-11)18(7)12(19)20-13(2,3)4;1-5-2-3-6(13(5)9(14)15)8-11-4-7(10)12-8;3*1-4(2)3/h7-8H,5-6H2,1-4H3,(H,16,17);4-6H,2-3H2,1H3,(H,11,12)(H,14,15);3*4H,1-3H3/t7-,8-;5-,6-;;;/m00.../s1. The summed E-state index contributed by atoms with van der Waals surface area (Å²) in [7, 11) is 0. The quantitative estimate of drug-likeness (QED) is 0.257. The van der Waals surface area contributed by atoms with E-state index >= 15 is 0 Å². The van der Waals surface area contributed by atoms with E-state index in [1.165, 1.54) is 4.90 Å². The van der Waals surface area contributed by atoms with E-state index in [1.807, 2.05) is 32.6 Å². The normalized spacial score (nSPS) is 20.4. The number of H-pyrrole nitrogens is 2. The van der Waals surface area contributed by atoms with Crippen LogP contribution < -0.4 is 0 Å². The van der Waals surface area contributed by atoms with Gasteiger partial charge >= 0.3 is 12.2 Å². The highest BCUT2D eigenvalue weighted by molar-refractivity contribution is 14.1. The second-order valence-corrected chi connectivity index (χ2v) is 18.3. The number of carboxylic acid groups (broad SMARTS) is 1. The Labute approximate surface area is 325 Å². The van der Waals surface area contributed by atoms with Gasteiger partial charge in [-0.1, -0.05) is 62.3 Å². The van der Waals surface area contributed by atoms with E-state index in [-0.39, 0.29) is 30.3 Å². The average molecular weight is 999 g/mol. The molecule has 0 aliphatic carbocycles. The van der Waals surface area contributed by atoms with E-state index in [4.69, 9.17) is 9.84 Å². The van der Waals surface area contributed by atoms with Gasteiger partial charge in [0.2, 0.25) is 0 Å². The number of aromatic amines is 2. The van der Waals surface area contributed by atoms with E-state index < -0.39 is 11.7 Å². The molecule has 47 heavy (non-hydrogen) atoms. The lowest BCUT2D eigenvalue weighted by molar-refractivity contribution is 0.0151. The number of nitrogens with one attached hydrogen (secondary N) is 2. The van der Waals surface area contributed by atoms with Gasteiger partial charge in [0.15, 0.2) is 0 Å². The first-order chi connectivity index (χ1) is 21.5. The summed E-state index contributed by atoms with van der Waals surface area (Å²) in [5.41, 5.74) is -0.476. The van der Waals surface area contributed by atoms with Gasteiger partial charge in [-0.2, -0.15) is 0 Å². The van der Waals surface area contributed by atoms with Gasteiger partial charge in [0.1, 0.15) is 24.7 Å². The van der Waals surface area contributed by atoms with Gasteiger partial charge in [-0.25, -0.2) is 19.6 Å². The summed E-state index contributed by atoms with van der Waals surface area (Å²) >= 11 is 6.55. The molecule has 2 amide bonds. The fraction of sp³-hybridized carbons (Fsp3) is 0.765. The first-order valence-corrected chi connectivity index (χ1v) is 19.9. The topological polar surface area (TPSA) is 127 Å². The van der Waals surface area contributed by atoms with Crippen LogP contribution in [0.3, 0.4) is 0 Å². The fourth-order valence-electron chi connectivity index (χ4n) is 4.44. The highest BCUT2D eigenvalue weighted by atomic mass is 127. The number of amides is 2. The summed E-state index contributed by atoms with van der Waals surface area (Å²) in [6.07, 6.45) is 4.23. The molecule has 3 N–H and O–H groups in total. The number of likely N-dealkylation sites (tertiary alicyclic amines) is 2. The van der Waals surface area contributed by atoms with Crippen LogP contribution in [0.2, 0.25) is 0 Å². The first-order valence-electron chi connectivity index (χ1n) is 16.6. The van der Waals surface area contributed by atoms with Gasteiger partial charge in [0.25, 0.3) is 0 Å². The van der Waals surface area contributed by atoms with Crippen LogP contribution in [0.15, 0.2) is 6.20 Å². The van der Waals surface area contributed by atoms with E-state index in [2.05, 4.69) is 157 Å². The van der Waals surface area contributed by atoms with Crippen LogP contribution in [0, 0.1) is 28.9 Å². The molecule has 2 fully saturated rings. The predicted molar refractivity (Wildman–Crippen MR) is 218 cm³/mol. The average Bonchev–Trinajstić information content (AvgIpc) is 3.65. The number of nitrogens with zero attached hydrogens (tertiary/aromatic N) is 4. The summed E-state index contributed by atoms with van der Waals surface area (Å²) in [6, 6.07) is 0.128. The third kappa shape index (κ3) is 18.6. The van der Waals surface area contributed by atoms with Crippen molar-refractivity contribution in [2.24, 2.45) is 17.8 Å². The van der Waals surface area contributed by atoms with Crippen molar-refractivity contribution in [2.75, 3.05) is 0 Å². The lowest BCUT2D eigenvalue weighted by Crippen LogP contribution is -2.40. The molecule has 0 radical (unpaired) electrons. The molecule has 0 bridgehead atoms. The Hall–Kier alpha value is -0.850. The Morgan fingerprint density at radius 1 is 0.809 bits per heavy atom. The number of imidazole rings is 2. The molecule has 0 saturated carbocycles. The maximum absolute atomic E-state index is 12.4. The number of halogens is 3. The molecule has 2 saturated heterocycles. The van der Waals surface area contributed by atoms with Crippen LogP contribution in [0.25, 0.3) is 0 Å². The minimum Gasteiger partial charge on any atom is -0.465 e. The second-order valence-electron chi connectivity index (χ2n) is 15.0. The molecule has 2 aromatic heterocycles. The molecule has 2 aliphatic heterocycles. The predicted octanol–water partition coefficient (Wildman–Crippen LogP) is 11.3. The highest BCUT2D eigenvalue weighted by Gasteiger charge is 2.40. The summed E-state index contributed by atoms with van der Waals surface area (Å²) < 4.78 is 8.42. The summed E-state index contributed by atoms with van der Waals surface area (Å²) in [5.74, 6) is 4.11. The van der Waals surface area contributed by atoms with Gasteiger partial charge in [0.05, 0.1) is 22.0 Å². The third-order valence-corrected chi connectivity index (χ3v) is 9.14. The lowest BCUT2D eigenvalue weighted by Gasteiger charge is -2.30. The van der Waals surface area contributed by atoms with Crippen LogP contribution in [0.4, 0.5) is 9.59 Å². The fourth-order valence-corrected chi connectivity index (χ4v) is 5.64. The maximum atomic E-state index is 12.4. The molecule has 4 rings (SSSR count). The zero-order chi connectivity index (χ0) is 36.8. The van der Waals surface area contributed by atoms with E-state index in [1.54, 1.807) is 6.20 Å². The zero-order valence-electron chi connectivity index (χ0n) is 31.0. The van der Waals surface area contributed by atoms with Crippen molar-refractivity contribution in [3.63, 3.8) is 0 Å². The number of ether oxygens (including phenoxy) is 1. The van der Waals surface area contributed by atoms with Crippen LogP contribution in [0.1, 0.15) is 146 Å². The van der Waals surface area contributed by atoms with Gasteiger partial charge in [-0.15, -0.1) is 0 Å². The molecule has 2 aliphatic rings. The Bertz CT molecular complexity index is 1150. The largest absolute Gasteiger partial charge is 0.465 e. The van der Waals surface area contributed by atoms with E-state index in [0.717, 1.165) is 66.2 Å². The molecule has 4 atom stereocenters. The monoisotopic (exact) mass is 998 g/mol. The van der Waals surface area contributed by atoms with Crippen LogP contribution >= 0.6 is 67.8 Å². The third-order valence-electron chi connectivity index (χ3n) is 6.00. The van der Waals surface area contributed by atoms with Crippen molar-refractivity contribution in [1.29, 1.82) is 0 Å². The molecule has 272 valence electrons. The minimum atomic E-state index is -0.864. The van der Waals surface area contributed by atoms with Crippen molar-refractivity contribution < 1.29 is 19.4 Å². The summed E-state index contributed by atoms with van der Waals surface area (Å²) in [4.78, 5) is 41.9. The molecular weight excluding hydrogens is 937 g/mol. The Kier molecular flexibility index (Phi) is 21.7. The molecule has 2 aromatic rings. The van der Waals surface area contributed by atoms with Crippen LogP contribution in [-0.2, 0) is 4.74 Å². The molecule has 10 nitrogen and oxygen atoms in total. The van der Waals surface area contributed by atoms with Crippen molar-refractivity contribution >= 4 is 80.0 Å². The zero-order valence-corrected chi connectivity index (χ0v) is 37.5. The Morgan fingerprint density at radius 2 is 1.23 bits per heavy atom. The number of hydrogen-bond acceptors (Lipinski definition) is 5. The molecular formula is C34H61I3N6O4. The van der Waals surface area contributed by atoms with Crippen molar-refractivity contribution in [2.45, 2.75) is 152 Å². The van der Waals surface area contributed by atoms with Crippen molar-refractivity contribution in [3.8, 4) is 0 Å². The Balaban J connectivity index is 0.000000684. The summed E-state index contributed by atoms with van der Waals surface area (Å²) in [5, 5.41) is 9.10. The van der Waals surface area contributed by atoms with Gasteiger partial charge < -0.3 is 19.8 Å². The van der Waals surface area contributed by atoms with E-state index in [0.29, 0.717) is 0 Å². The molecule has 0 unspecified atom stereocenters. The number of carbonyl (C=O) groups excluding carboxylic acids is 1. The highest BCUT2D eigenvalue weighted by Crippen LogP contribution is 2.37. The van der Waals surface area contributed by atoms with Crippen LogP contribution in [0.5, 0.6) is 0 Å². The minimum absolute atomic E-state index is 0.0168. The first kappa shape index (κ1) is 46.1. The van der Waals surface area contributed by atoms with Crippen molar-refractivity contribution in [3.05, 3.63) is 28.9 Å². The maximum Gasteiger partial charge on any atom is 0.411 e. The van der Waals surface area contributed by atoms with Gasteiger partial charge in [-0.3, -0.25) is 9.80 Å². The SMILES string of the molecule is CC(C)C.CC(C)C.CC(C)C.C[C@H]1CC[C@@H](c2nc(I)c(I)[nH]2)N1C(=O)OC(C)(C)C.C[C@H]1CC[C@@H](c2ncc(I)[nH]2)N1C(=O)O. The van der Waals surface area contributed by atoms with Gasteiger partial charge in [0, 0.05) is 12.1 Å². The Morgan fingerprint density at radius 3 is 1.57 bits per heavy atom. The van der Waals surface area contributed by atoms with E-state index in [9.17, 15) is 9.59 Å². The number of carbonyl (C=O) groups is 2. The van der Waals surface area contributed by atoms with Gasteiger partial charge in [-0.05, 0) is 146 Å². The van der Waals surface area contributed by atoms with Crippen LogP contribution in [-0.4, -0.2) is 64.7 Å². The lowest BCUT2D eigenvalue weighted by atomic mass is 10.2. The second kappa shape index (κ2) is 22.1. The number of aromatic nitrogens is 4. The molecule has 13 heteroatoms. The number of rotatable bonds is 2.